The lowest BCUT2D eigenvalue weighted by Gasteiger charge is -2.23. The molecule has 10 heteroatoms. The molecule has 0 aliphatic carbocycles. The standard InChI is InChI=1S/C23H35N5O5/c1-16(19(32-25)12-13-21(29)28-23(33-26)11-4-5-14-24)27-22(30)15-31-20-10-6-8-17-7-2-3-9-18(17)20/h2-3,6-10,16,19,23H,4-5,11-15,24-26H2,1H3,(H,27,30)(H,28,29). The van der Waals surface area contributed by atoms with Gasteiger partial charge in [0, 0.05) is 11.8 Å². The van der Waals surface area contributed by atoms with Crippen LogP contribution in [0.15, 0.2) is 42.5 Å². The summed E-state index contributed by atoms with van der Waals surface area (Å²) in [6, 6.07) is 13.0. The van der Waals surface area contributed by atoms with Crippen LogP contribution >= 0.6 is 0 Å². The highest BCUT2D eigenvalue weighted by Crippen LogP contribution is 2.25. The van der Waals surface area contributed by atoms with E-state index in [0.29, 0.717) is 25.1 Å². The molecule has 10 nitrogen and oxygen atoms in total. The number of fused-ring (bicyclic) bond motifs is 1. The van der Waals surface area contributed by atoms with Crippen LogP contribution in [0.25, 0.3) is 10.8 Å². The van der Waals surface area contributed by atoms with Crippen molar-refractivity contribution >= 4 is 22.6 Å². The quantitative estimate of drug-likeness (QED) is 0.150. The molecule has 3 atom stereocenters. The summed E-state index contributed by atoms with van der Waals surface area (Å²) in [5.41, 5.74) is 5.46. The van der Waals surface area contributed by atoms with Gasteiger partial charge < -0.3 is 21.1 Å². The first-order valence-corrected chi connectivity index (χ1v) is 11.1. The largest absolute Gasteiger partial charge is 0.483 e. The summed E-state index contributed by atoms with van der Waals surface area (Å²) in [5, 5.41) is 7.47. The molecule has 2 rings (SSSR count). The van der Waals surface area contributed by atoms with Crippen LogP contribution in [-0.4, -0.2) is 43.3 Å². The van der Waals surface area contributed by atoms with Gasteiger partial charge in [-0.15, -0.1) is 0 Å². The second kappa shape index (κ2) is 14.4. The fourth-order valence-electron chi connectivity index (χ4n) is 3.46. The van der Waals surface area contributed by atoms with Gasteiger partial charge in [-0.1, -0.05) is 36.4 Å². The molecule has 182 valence electrons. The summed E-state index contributed by atoms with van der Waals surface area (Å²) < 4.78 is 5.71. The highest BCUT2D eigenvalue weighted by atomic mass is 16.6. The van der Waals surface area contributed by atoms with Crippen molar-refractivity contribution in [2.75, 3.05) is 13.2 Å². The SMILES string of the molecule is CC(NC(=O)COc1cccc2ccccc12)C(CCC(=O)NC(CCCCN)ON)ON. The molecule has 2 aromatic rings. The summed E-state index contributed by atoms with van der Waals surface area (Å²) in [4.78, 5) is 34.4. The van der Waals surface area contributed by atoms with E-state index in [2.05, 4.69) is 10.6 Å². The number of benzene rings is 2. The maximum Gasteiger partial charge on any atom is 0.258 e. The number of unbranched alkanes of at least 4 members (excludes halogenated alkanes) is 1. The van der Waals surface area contributed by atoms with Crippen molar-refractivity contribution in [1.29, 1.82) is 0 Å². The van der Waals surface area contributed by atoms with Crippen molar-refractivity contribution < 1.29 is 24.0 Å². The Morgan fingerprint density at radius 1 is 0.939 bits per heavy atom. The predicted molar refractivity (Wildman–Crippen MR) is 125 cm³/mol. The Bertz CT molecular complexity index is 876. The Morgan fingerprint density at radius 2 is 1.70 bits per heavy atom. The number of ether oxygens (including phenoxy) is 1. The van der Waals surface area contributed by atoms with E-state index in [1.807, 2.05) is 42.5 Å². The van der Waals surface area contributed by atoms with Crippen molar-refractivity contribution in [3.05, 3.63) is 42.5 Å². The van der Waals surface area contributed by atoms with Crippen LogP contribution < -0.4 is 32.9 Å². The smallest absolute Gasteiger partial charge is 0.258 e. The zero-order valence-corrected chi connectivity index (χ0v) is 19.0. The summed E-state index contributed by atoms with van der Waals surface area (Å²) in [7, 11) is 0. The molecular formula is C23H35N5O5. The molecule has 0 fully saturated rings. The fraction of sp³-hybridized carbons (Fsp3) is 0.478. The normalized spacial score (nSPS) is 13.8. The van der Waals surface area contributed by atoms with Gasteiger partial charge in [-0.2, -0.15) is 0 Å². The Balaban J connectivity index is 1.77. The van der Waals surface area contributed by atoms with E-state index in [1.54, 1.807) is 6.92 Å². The molecule has 8 N–H and O–H groups in total. The molecule has 3 unspecified atom stereocenters. The lowest BCUT2D eigenvalue weighted by Crippen LogP contribution is -2.46. The van der Waals surface area contributed by atoms with Gasteiger partial charge in [-0.25, -0.2) is 11.8 Å². The molecule has 0 spiro atoms. The zero-order valence-electron chi connectivity index (χ0n) is 19.0. The van der Waals surface area contributed by atoms with E-state index in [9.17, 15) is 9.59 Å². The molecule has 0 saturated carbocycles. The number of hydrogen-bond acceptors (Lipinski definition) is 8. The molecule has 2 aromatic carbocycles. The minimum atomic E-state index is -0.579. The number of amides is 2. The minimum absolute atomic E-state index is 0.130. The van der Waals surface area contributed by atoms with E-state index in [1.165, 1.54) is 0 Å². The van der Waals surface area contributed by atoms with Crippen LogP contribution in [0.2, 0.25) is 0 Å². The number of nitrogens with one attached hydrogen (secondary N) is 2. The van der Waals surface area contributed by atoms with Crippen molar-refractivity contribution in [3.63, 3.8) is 0 Å². The molecule has 0 saturated heterocycles. The monoisotopic (exact) mass is 461 g/mol. The van der Waals surface area contributed by atoms with Crippen LogP contribution in [0, 0.1) is 0 Å². The lowest BCUT2D eigenvalue weighted by atomic mass is 10.1. The summed E-state index contributed by atoms with van der Waals surface area (Å²) in [6.07, 6.45) is 1.47. The zero-order chi connectivity index (χ0) is 24.1. The first-order chi connectivity index (χ1) is 16.0. The maximum atomic E-state index is 12.4. The van der Waals surface area contributed by atoms with Crippen LogP contribution in [0.5, 0.6) is 5.75 Å². The number of nitrogens with two attached hydrogens (primary N) is 3. The van der Waals surface area contributed by atoms with Crippen LogP contribution in [0.4, 0.5) is 0 Å². The first-order valence-electron chi connectivity index (χ1n) is 11.1. The van der Waals surface area contributed by atoms with Crippen molar-refractivity contribution in [2.24, 2.45) is 17.5 Å². The molecular weight excluding hydrogens is 426 g/mol. The Morgan fingerprint density at radius 3 is 2.42 bits per heavy atom. The average molecular weight is 462 g/mol. The van der Waals surface area contributed by atoms with Gasteiger partial charge in [-0.05, 0) is 50.6 Å². The lowest BCUT2D eigenvalue weighted by molar-refractivity contribution is -0.127. The molecule has 0 aliphatic rings. The molecule has 0 bridgehead atoms. The Hall–Kier alpha value is -2.76. The molecule has 2 amide bonds. The van der Waals surface area contributed by atoms with Gasteiger partial charge in [0.1, 0.15) is 12.0 Å². The van der Waals surface area contributed by atoms with Crippen LogP contribution in [-0.2, 0) is 19.3 Å². The van der Waals surface area contributed by atoms with E-state index < -0.39 is 18.4 Å². The summed E-state index contributed by atoms with van der Waals surface area (Å²) in [5.74, 6) is 10.7. The second-order valence-electron chi connectivity index (χ2n) is 7.81. The van der Waals surface area contributed by atoms with Gasteiger partial charge in [0.2, 0.25) is 5.91 Å². The van der Waals surface area contributed by atoms with Gasteiger partial charge in [0.05, 0.1) is 12.1 Å². The number of rotatable bonds is 15. The maximum absolute atomic E-state index is 12.4. The third-order valence-corrected chi connectivity index (χ3v) is 5.29. The predicted octanol–water partition coefficient (Wildman–Crippen LogP) is 1.22. The van der Waals surface area contributed by atoms with Crippen molar-refractivity contribution in [2.45, 2.75) is 57.4 Å². The number of carbonyl (C=O) groups excluding carboxylic acids is 2. The number of carbonyl (C=O) groups is 2. The van der Waals surface area contributed by atoms with Gasteiger partial charge in [0.15, 0.2) is 6.61 Å². The molecule has 0 aromatic heterocycles. The molecule has 0 aliphatic heterocycles. The van der Waals surface area contributed by atoms with E-state index in [4.69, 9.17) is 31.9 Å². The van der Waals surface area contributed by atoms with Crippen molar-refractivity contribution in [1.82, 2.24) is 10.6 Å². The summed E-state index contributed by atoms with van der Waals surface area (Å²) >= 11 is 0. The van der Waals surface area contributed by atoms with Gasteiger partial charge >= 0.3 is 0 Å². The molecule has 0 heterocycles. The molecule has 33 heavy (non-hydrogen) atoms. The van der Waals surface area contributed by atoms with Crippen LogP contribution in [0.1, 0.15) is 39.0 Å². The molecule has 0 radical (unpaired) electrons. The average Bonchev–Trinajstić information content (AvgIpc) is 2.82. The highest BCUT2D eigenvalue weighted by Gasteiger charge is 2.22. The van der Waals surface area contributed by atoms with E-state index in [0.717, 1.165) is 23.6 Å². The van der Waals surface area contributed by atoms with Gasteiger partial charge in [-0.3, -0.25) is 19.3 Å². The number of hydrogen-bond donors (Lipinski definition) is 5. The third kappa shape index (κ3) is 8.95. The Labute approximate surface area is 194 Å². The highest BCUT2D eigenvalue weighted by molar-refractivity contribution is 5.88. The minimum Gasteiger partial charge on any atom is -0.483 e. The third-order valence-electron chi connectivity index (χ3n) is 5.29. The van der Waals surface area contributed by atoms with E-state index >= 15 is 0 Å². The Kier molecular flexibility index (Phi) is 11.6. The van der Waals surface area contributed by atoms with E-state index in [-0.39, 0.29) is 24.8 Å². The fourth-order valence-corrected chi connectivity index (χ4v) is 3.46. The topological polar surface area (TPSA) is 164 Å². The second-order valence-corrected chi connectivity index (χ2v) is 7.81. The first kappa shape index (κ1) is 26.5. The van der Waals surface area contributed by atoms with Crippen molar-refractivity contribution in [3.8, 4) is 5.75 Å². The van der Waals surface area contributed by atoms with Gasteiger partial charge in [0.25, 0.3) is 5.91 Å². The van der Waals surface area contributed by atoms with Crippen LogP contribution in [0.3, 0.4) is 0 Å². The summed E-state index contributed by atoms with van der Waals surface area (Å²) in [6.45, 7) is 2.16.